The van der Waals surface area contributed by atoms with Gasteiger partial charge in [-0.15, -0.1) is 11.3 Å². The van der Waals surface area contributed by atoms with Crippen LogP contribution in [0.3, 0.4) is 0 Å². The molecule has 7 nitrogen and oxygen atoms in total. The highest BCUT2D eigenvalue weighted by Gasteiger charge is 2.30. The molecule has 1 amide bonds. The molecule has 1 fully saturated rings. The molecule has 1 aliphatic heterocycles. The minimum Gasteiger partial charge on any atom is -0.338 e. The molecule has 0 aliphatic carbocycles. The van der Waals surface area contributed by atoms with Gasteiger partial charge in [-0.1, -0.05) is 6.07 Å². The lowest BCUT2D eigenvalue weighted by molar-refractivity contribution is 0.0710. The first-order chi connectivity index (χ1) is 14.8. The summed E-state index contributed by atoms with van der Waals surface area (Å²) in [5.41, 5.74) is 2.51. The van der Waals surface area contributed by atoms with Crippen LogP contribution in [0.15, 0.2) is 46.0 Å². The number of sulfonamides is 1. The highest BCUT2D eigenvalue weighted by Crippen LogP contribution is 2.23. The number of nitrogens with zero attached hydrogens (tertiary/aromatic N) is 3. The number of carbonyl (C=O) groups is 1. The summed E-state index contributed by atoms with van der Waals surface area (Å²) in [5, 5.41) is 6.20. The Morgan fingerprint density at radius 2 is 1.84 bits per heavy atom. The van der Waals surface area contributed by atoms with Crippen molar-refractivity contribution in [1.82, 2.24) is 19.4 Å². The third-order valence-corrected chi connectivity index (χ3v) is 8.36. The number of nitrogens with one attached hydrogen (secondary N) is 1. The first-order valence-corrected chi connectivity index (χ1v) is 12.3. The fourth-order valence-electron chi connectivity index (χ4n) is 3.84. The lowest BCUT2D eigenvalue weighted by atomic mass is 10.0. The largest absolute Gasteiger partial charge is 0.338 e. The molecule has 0 atom stereocenters. The predicted octanol–water partition coefficient (Wildman–Crippen LogP) is 3.27. The molecule has 3 heterocycles. The summed E-state index contributed by atoms with van der Waals surface area (Å²) in [6, 6.07) is 9.03. The molecule has 164 valence electrons. The third-order valence-electron chi connectivity index (χ3n) is 5.44. The topological polar surface area (TPSA) is 84.3 Å². The van der Waals surface area contributed by atoms with Crippen molar-refractivity contribution in [3.05, 3.63) is 64.5 Å². The van der Waals surface area contributed by atoms with Gasteiger partial charge in [-0.25, -0.2) is 22.2 Å². The summed E-state index contributed by atoms with van der Waals surface area (Å²) in [6.07, 6.45) is 1.08. The number of amides is 1. The van der Waals surface area contributed by atoms with Crippen LogP contribution in [0, 0.1) is 19.7 Å². The number of hydrogen-bond donors (Lipinski definition) is 1. The van der Waals surface area contributed by atoms with Gasteiger partial charge in [0.2, 0.25) is 10.0 Å². The Labute approximate surface area is 184 Å². The zero-order valence-electron chi connectivity index (χ0n) is 17.2. The molecule has 0 unspecified atom stereocenters. The molecular weight excluding hydrogens is 439 g/mol. The van der Waals surface area contributed by atoms with Crippen LogP contribution in [-0.2, 0) is 10.0 Å². The van der Waals surface area contributed by atoms with Crippen molar-refractivity contribution in [3.63, 3.8) is 0 Å². The van der Waals surface area contributed by atoms with Crippen molar-refractivity contribution in [2.24, 2.45) is 0 Å². The van der Waals surface area contributed by atoms with Crippen molar-refractivity contribution in [2.75, 3.05) is 13.1 Å². The van der Waals surface area contributed by atoms with Crippen molar-refractivity contribution < 1.29 is 17.6 Å². The van der Waals surface area contributed by atoms with Crippen LogP contribution in [0.1, 0.15) is 34.6 Å². The van der Waals surface area contributed by atoms with E-state index in [9.17, 15) is 17.6 Å². The highest BCUT2D eigenvalue weighted by atomic mass is 32.2. The maximum Gasteiger partial charge on any atom is 0.257 e. The molecule has 4 rings (SSSR count). The Bertz CT molecular complexity index is 1180. The molecule has 0 saturated carbocycles. The van der Waals surface area contributed by atoms with Gasteiger partial charge in [0.1, 0.15) is 10.0 Å². The van der Waals surface area contributed by atoms with Crippen molar-refractivity contribution in [3.8, 4) is 5.69 Å². The van der Waals surface area contributed by atoms with E-state index in [4.69, 9.17) is 0 Å². The number of thiophene rings is 1. The number of carbonyl (C=O) groups excluding carboxylic acids is 1. The summed E-state index contributed by atoms with van der Waals surface area (Å²) in [4.78, 5) is 14.9. The van der Waals surface area contributed by atoms with Crippen molar-refractivity contribution in [2.45, 2.75) is 36.9 Å². The first kappa shape index (κ1) is 21.7. The SMILES string of the molecule is Cc1nn(-c2ccc(F)cc2)c(C)c1C(=O)N1CCC(NS(=O)(=O)c2cccs2)CC1. The zero-order chi connectivity index (χ0) is 22.2. The van der Waals surface area contributed by atoms with Crippen LogP contribution < -0.4 is 4.72 Å². The van der Waals surface area contributed by atoms with Gasteiger partial charge in [0.15, 0.2) is 0 Å². The smallest absolute Gasteiger partial charge is 0.257 e. The van der Waals surface area contributed by atoms with E-state index in [-0.39, 0.29) is 17.8 Å². The predicted molar refractivity (Wildman–Crippen MR) is 117 cm³/mol. The summed E-state index contributed by atoms with van der Waals surface area (Å²) in [6.45, 7) is 4.51. The van der Waals surface area contributed by atoms with Crippen LogP contribution in [0.5, 0.6) is 0 Å². The maximum absolute atomic E-state index is 13.2. The van der Waals surface area contributed by atoms with Gasteiger partial charge in [-0.2, -0.15) is 5.10 Å². The molecule has 10 heteroatoms. The van der Waals surface area contributed by atoms with Gasteiger partial charge in [0, 0.05) is 19.1 Å². The normalized spacial score (nSPS) is 15.4. The molecule has 1 N–H and O–H groups in total. The minimum atomic E-state index is -3.53. The second-order valence-electron chi connectivity index (χ2n) is 7.55. The highest BCUT2D eigenvalue weighted by molar-refractivity contribution is 7.91. The number of halogens is 1. The van der Waals surface area contributed by atoms with Gasteiger partial charge in [-0.05, 0) is 62.4 Å². The standard InChI is InChI=1S/C21H23FN4O3S2/c1-14-20(15(2)26(23-14)18-7-5-16(22)6-8-18)21(27)25-11-9-17(10-12-25)24-31(28,29)19-4-3-13-30-19/h3-8,13,17,24H,9-12H2,1-2H3. The summed E-state index contributed by atoms with van der Waals surface area (Å²) in [7, 11) is -3.53. The first-order valence-electron chi connectivity index (χ1n) is 9.93. The minimum absolute atomic E-state index is 0.122. The van der Waals surface area contributed by atoms with Gasteiger partial charge >= 0.3 is 0 Å². The Morgan fingerprint density at radius 1 is 1.16 bits per heavy atom. The van der Waals surface area contributed by atoms with Crippen LogP contribution in [0.4, 0.5) is 4.39 Å². The number of aromatic nitrogens is 2. The quantitative estimate of drug-likeness (QED) is 0.631. The third kappa shape index (κ3) is 4.41. The number of piperidine rings is 1. The molecule has 0 bridgehead atoms. The van der Waals surface area contributed by atoms with E-state index in [1.54, 1.807) is 46.2 Å². The lowest BCUT2D eigenvalue weighted by Gasteiger charge is -2.32. The van der Waals surface area contributed by atoms with E-state index in [1.807, 2.05) is 6.92 Å². The van der Waals surface area contributed by atoms with E-state index >= 15 is 0 Å². The molecule has 1 saturated heterocycles. The van der Waals surface area contributed by atoms with E-state index in [2.05, 4.69) is 9.82 Å². The molecule has 0 radical (unpaired) electrons. The summed E-state index contributed by atoms with van der Waals surface area (Å²) < 4.78 is 42.8. The Balaban J connectivity index is 1.45. The van der Waals surface area contributed by atoms with Crippen molar-refractivity contribution >= 4 is 27.3 Å². The number of hydrogen-bond acceptors (Lipinski definition) is 5. The second-order valence-corrected chi connectivity index (χ2v) is 10.4. The fraction of sp³-hybridized carbons (Fsp3) is 0.333. The van der Waals surface area contributed by atoms with Gasteiger partial charge < -0.3 is 4.90 Å². The Morgan fingerprint density at radius 3 is 2.45 bits per heavy atom. The van der Waals surface area contributed by atoms with Gasteiger partial charge in [0.05, 0.1) is 22.6 Å². The fourth-order valence-corrected chi connectivity index (χ4v) is 6.15. The molecule has 0 spiro atoms. The van der Waals surface area contributed by atoms with Gasteiger partial charge in [0.25, 0.3) is 5.91 Å². The number of benzene rings is 1. The van der Waals surface area contributed by atoms with Crippen LogP contribution in [0.2, 0.25) is 0 Å². The molecule has 3 aromatic rings. The van der Waals surface area contributed by atoms with E-state index < -0.39 is 10.0 Å². The Kier molecular flexibility index (Phi) is 5.96. The van der Waals surface area contributed by atoms with E-state index in [0.717, 1.165) is 0 Å². The number of aryl methyl sites for hydroxylation is 1. The second kappa shape index (κ2) is 8.52. The summed E-state index contributed by atoms with van der Waals surface area (Å²) in [5.74, 6) is -0.456. The molecule has 2 aromatic heterocycles. The zero-order valence-corrected chi connectivity index (χ0v) is 18.8. The van der Waals surface area contributed by atoms with E-state index in [0.29, 0.717) is 52.8 Å². The van der Waals surface area contributed by atoms with Crippen LogP contribution in [0.25, 0.3) is 5.69 Å². The maximum atomic E-state index is 13.2. The van der Waals surface area contributed by atoms with E-state index in [1.165, 1.54) is 23.5 Å². The van der Waals surface area contributed by atoms with Crippen LogP contribution in [-0.4, -0.2) is 48.1 Å². The molecular formula is C21H23FN4O3S2. The number of likely N-dealkylation sites (tertiary alicyclic amines) is 1. The average molecular weight is 463 g/mol. The van der Waals surface area contributed by atoms with Gasteiger partial charge in [-0.3, -0.25) is 4.79 Å². The Hall–Kier alpha value is -2.56. The summed E-state index contributed by atoms with van der Waals surface area (Å²) >= 11 is 1.18. The molecule has 1 aromatic carbocycles. The molecule has 1 aliphatic rings. The monoisotopic (exact) mass is 462 g/mol. The molecule has 31 heavy (non-hydrogen) atoms. The van der Waals surface area contributed by atoms with Crippen molar-refractivity contribution in [1.29, 1.82) is 0 Å². The average Bonchev–Trinajstić information content (AvgIpc) is 3.38. The van der Waals surface area contributed by atoms with Crippen LogP contribution >= 0.6 is 11.3 Å². The lowest BCUT2D eigenvalue weighted by Crippen LogP contribution is -2.46. The number of rotatable bonds is 5.